The minimum Gasteiger partial charge on any atom is -0.396 e. The molecule has 14 heavy (non-hydrogen) atoms. The molecule has 0 aromatic carbocycles. The fraction of sp³-hybridized carbons (Fsp3) is 0.889. The standard InChI is InChI=1S/C9H17NO3S/c11-5-1-2-9(12)10-8-3-6-14(13)7-4-8/h8,11H,1-7H2,(H,10,12). The van der Waals surface area contributed by atoms with Crippen molar-refractivity contribution >= 4 is 16.7 Å². The first-order valence-electron chi connectivity index (χ1n) is 4.97. The second kappa shape index (κ2) is 6.14. The largest absolute Gasteiger partial charge is 0.396 e. The van der Waals surface area contributed by atoms with Crippen LogP contribution in [0.4, 0.5) is 0 Å². The van der Waals surface area contributed by atoms with Crippen LogP contribution in [0.3, 0.4) is 0 Å². The van der Waals surface area contributed by atoms with Gasteiger partial charge in [-0.1, -0.05) is 0 Å². The Hall–Kier alpha value is -0.420. The number of amides is 1. The van der Waals surface area contributed by atoms with Crippen LogP contribution in [-0.4, -0.2) is 39.4 Å². The van der Waals surface area contributed by atoms with Gasteiger partial charge >= 0.3 is 0 Å². The maximum absolute atomic E-state index is 11.3. The van der Waals surface area contributed by atoms with Gasteiger partial charge in [0.25, 0.3) is 0 Å². The van der Waals surface area contributed by atoms with Crippen LogP contribution in [-0.2, 0) is 15.6 Å². The van der Waals surface area contributed by atoms with Crippen molar-refractivity contribution in [2.24, 2.45) is 0 Å². The molecule has 1 aliphatic heterocycles. The third-order valence-electron chi connectivity index (χ3n) is 2.32. The zero-order valence-corrected chi connectivity index (χ0v) is 9.02. The van der Waals surface area contributed by atoms with E-state index in [1.807, 2.05) is 0 Å². The Morgan fingerprint density at radius 1 is 1.43 bits per heavy atom. The molecule has 1 rings (SSSR count). The molecule has 82 valence electrons. The number of hydrogen-bond acceptors (Lipinski definition) is 3. The SMILES string of the molecule is O=C(CCCO)NC1CCS(=O)CC1. The third-order valence-corrected chi connectivity index (χ3v) is 3.70. The van der Waals surface area contributed by atoms with Gasteiger partial charge in [-0.3, -0.25) is 9.00 Å². The highest BCUT2D eigenvalue weighted by molar-refractivity contribution is 7.85. The Kier molecular flexibility index (Phi) is 5.11. The quantitative estimate of drug-likeness (QED) is 0.687. The zero-order valence-electron chi connectivity index (χ0n) is 8.20. The lowest BCUT2D eigenvalue weighted by Gasteiger charge is -2.22. The molecule has 0 radical (unpaired) electrons. The summed E-state index contributed by atoms with van der Waals surface area (Å²) in [6, 6.07) is 0.193. The van der Waals surface area contributed by atoms with E-state index in [1.54, 1.807) is 0 Å². The maximum Gasteiger partial charge on any atom is 0.220 e. The summed E-state index contributed by atoms with van der Waals surface area (Å²) in [5, 5.41) is 11.4. The number of aliphatic hydroxyl groups excluding tert-OH is 1. The number of carbonyl (C=O) groups is 1. The van der Waals surface area contributed by atoms with Crippen LogP contribution in [0.1, 0.15) is 25.7 Å². The van der Waals surface area contributed by atoms with Gasteiger partial charge in [0.1, 0.15) is 0 Å². The first kappa shape index (κ1) is 11.7. The van der Waals surface area contributed by atoms with Gasteiger partial charge in [-0.2, -0.15) is 0 Å². The van der Waals surface area contributed by atoms with Crippen LogP contribution >= 0.6 is 0 Å². The van der Waals surface area contributed by atoms with E-state index in [0.717, 1.165) is 12.8 Å². The Labute approximate surface area is 86.5 Å². The first-order valence-corrected chi connectivity index (χ1v) is 6.46. The normalized spacial score (nSPS) is 27.2. The van der Waals surface area contributed by atoms with Gasteiger partial charge in [0, 0.05) is 41.4 Å². The lowest BCUT2D eigenvalue weighted by molar-refractivity contribution is -0.122. The molecule has 1 amide bonds. The molecule has 2 N–H and O–H groups in total. The van der Waals surface area contributed by atoms with Gasteiger partial charge in [-0.15, -0.1) is 0 Å². The van der Waals surface area contributed by atoms with Crippen molar-refractivity contribution in [3.63, 3.8) is 0 Å². The summed E-state index contributed by atoms with van der Waals surface area (Å²) in [7, 11) is -0.672. The molecule has 0 bridgehead atoms. The Balaban J connectivity index is 2.17. The molecule has 5 heteroatoms. The molecule has 4 nitrogen and oxygen atoms in total. The summed E-state index contributed by atoms with van der Waals surface area (Å²) in [6.07, 6.45) is 2.54. The molecule has 0 aromatic heterocycles. The zero-order chi connectivity index (χ0) is 10.4. The average molecular weight is 219 g/mol. The molecule has 1 fully saturated rings. The predicted molar refractivity (Wildman–Crippen MR) is 55.4 cm³/mol. The fourth-order valence-electron chi connectivity index (χ4n) is 1.48. The van der Waals surface area contributed by atoms with Crippen LogP contribution in [0.5, 0.6) is 0 Å². The molecule has 0 atom stereocenters. The second-order valence-corrected chi connectivity index (χ2v) is 5.21. The van der Waals surface area contributed by atoms with E-state index >= 15 is 0 Å². The van der Waals surface area contributed by atoms with Gasteiger partial charge in [-0.05, 0) is 19.3 Å². The topological polar surface area (TPSA) is 66.4 Å². The molecule has 1 saturated heterocycles. The smallest absolute Gasteiger partial charge is 0.220 e. The summed E-state index contributed by atoms with van der Waals surface area (Å²) in [5.74, 6) is 1.40. The number of hydrogen-bond donors (Lipinski definition) is 2. The minimum absolute atomic E-state index is 0.00303. The molecule has 1 aliphatic rings. The van der Waals surface area contributed by atoms with Crippen LogP contribution in [0, 0.1) is 0 Å². The van der Waals surface area contributed by atoms with Crippen molar-refractivity contribution in [1.82, 2.24) is 5.32 Å². The van der Waals surface area contributed by atoms with Crippen LogP contribution in [0.2, 0.25) is 0 Å². The lowest BCUT2D eigenvalue weighted by Crippen LogP contribution is -2.39. The molecular weight excluding hydrogens is 202 g/mol. The minimum atomic E-state index is -0.672. The molecular formula is C9H17NO3S. The van der Waals surface area contributed by atoms with Crippen LogP contribution in [0.25, 0.3) is 0 Å². The highest BCUT2D eigenvalue weighted by atomic mass is 32.2. The fourth-order valence-corrected chi connectivity index (χ4v) is 2.78. The monoisotopic (exact) mass is 219 g/mol. The van der Waals surface area contributed by atoms with E-state index in [2.05, 4.69) is 5.32 Å². The average Bonchev–Trinajstić information content (AvgIpc) is 2.18. The molecule has 1 heterocycles. The molecule has 0 spiro atoms. The summed E-state index contributed by atoms with van der Waals surface area (Å²) >= 11 is 0. The molecule has 0 aromatic rings. The van der Waals surface area contributed by atoms with Gasteiger partial charge in [0.2, 0.25) is 5.91 Å². The number of carbonyl (C=O) groups excluding carboxylic acids is 1. The summed E-state index contributed by atoms with van der Waals surface area (Å²) < 4.78 is 11.0. The Bertz CT molecular complexity index is 210. The third kappa shape index (κ3) is 4.19. The van der Waals surface area contributed by atoms with Crippen molar-refractivity contribution in [3.8, 4) is 0 Å². The van der Waals surface area contributed by atoms with Crippen LogP contribution < -0.4 is 5.32 Å². The van der Waals surface area contributed by atoms with E-state index in [4.69, 9.17) is 5.11 Å². The van der Waals surface area contributed by atoms with E-state index in [1.165, 1.54) is 0 Å². The number of nitrogens with one attached hydrogen (secondary N) is 1. The lowest BCUT2D eigenvalue weighted by atomic mass is 10.1. The molecule has 0 aliphatic carbocycles. The van der Waals surface area contributed by atoms with Gasteiger partial charge < -0.3 is 10.4 Å². The number of rotatable bonds is 4. The summed E-state index contributed by atoms with van der Waals surface area (Å²) in [4.78, 5) is 11.3. The highest BCUT2D eigenvalue weighted by Crippen LogP contribution is 2.09. The summed E-state index contributed by atoms with van der Waals surface area (Å²) in [6.45, 7) is 0.0576. The highest BCUT2D eigenvalue weighted by Gasteiger charge is 2.18. The van der Waals surface area contributed by atoms with Gasteiger partial charge in [0.15, 0.2) is 0 Å². The van der Waals surface area contributed by atoms with Crippen molar-refractivity contribution in [2.45, 2.75) is 31.7 Å². The van der Waals surface area contributed by atoms with E-state index < -0.39 is 10.8 Å². The molecule has 0 saturated carbocycles. The van der Waals surface area contributed by atoms with E-state index in [9.17, 15) is 9.00 Å². The second-order valence-electron chi connectivity index (χ2n) is 3.52. The number of aliphatic hydroxyl groups is 1. The maximum atomic E-state index is 11.3. The van der Waals surface area contributed by atoms with Crippen molar-refractivity contribution in [2.75, 3.05) is 18.1 Å². The van der Waals surface area contributed by atoms with Gasteiger partial charge in [-0.25, -0.2) is 0 Å². The first-order chi connectivity index (χ1) is 6.72. The Morgan fingerprint density at radius 3 is 2.64 bits per heavy atom. The van der Waals surface area contributed by atoms with Crippen molar-refractivity contribution in [1.29, 1.82) is 0 Å². The van der Waals surface area contributed by atoms with Crippen molar-refractivity contribution in [3.05, 3.63) is 0 Å². The molecule has 0 unspecified atom stereocenters. The van der Waals surface area contributed by atoms with Crippen LogP contribution in [0.15, 0.2) is 0 Å². The predicted octanol–water partition coefficient (Wildman–Crippen LogP) is -0.214. The summed E-state index contributed by atoms with van der Waals surface area (Å²) in [5.41, 5.74) is 0. The van der Waals surface area contributed by atoms with Crippen molar-refractivity contribution < 1.29 is 14.1 Å². The Morgan fingerprint density at radius 2 is 2.07 bits per heavy atom. The van der Waals surface area contributed by atoms with Gasteiger partial charge in [0.05, 0.1) is 0 Å². The van der Waals surface area contributed by atoms with E-state index in [-0.39, 0.29) is 18.6 Å². The van der Waals surface area contributed by atoms with E-state index in [0.29, 0.717) is 24.3 Å².